The lowest BCUT2D eigenvalue weighted by atomic mass is 10.1. The number of aromatic nitrogens is 1. The molecule has 1 heterocycles. The van der Waals surface area contributed by atoms with E-state index in [1.807, 2.05) is 19.2 Å². The molecule has 4 nitrogen and oxygen atoms in total. The Morgan fingerprint density at radius 2 is 2.12 bits per heavy atom. The molecule has 0 aliphatic rings. The molecule has 0 aliphatic heterocycles. The maximum Gasteiger partial charge on any atom is 0.108 e. The van der Waals surface area contributed by atoms with Gasteiger partial charge in [0.2, 0.25) is 0 Å². The van der Waals surface area contributed by atoms with E-state index < -0.39 is 0 Å². The van der Waals surface area contributed by atoms with Crippen molar-refractivity contribution in [2.75, 3.05) is 20.6 Å². The first kappa shape index (κ1) is 11.8. The van der Waals surface area contributed by atoms with Crippen LogP contribution in [-0.2, 0) is 13.5 Å². The van der Waals surface area contributed by atoms with E-state index in [1.54, 1.807) is 6.07 Å². The molecule has 0 amide bonds. The van der Waals surface area contributed by atoms with Gasteiger partial charge in [0, 0.05) is 30.7 Å². The zero-order chi connectivity index (χ0) is 12.4. The Morgan fingerprint density at radius 3 is 2.76 bits per heavy atom. The molecule has 0 N–H and O–H groups in total. The minimum Gasteiger partial charge on any atom is -0.350 e. The molecule has 4 heteroatoms. The third-order valence-electron chi connectivity index (χ3n) is 2.99. The molecule has 90 valence electrons. The zero-order valence-corrected chi connectivity index (χ0v) is 10.5. The van der Waals surface area contributed by atoms with Gasteiger partial charge in [-0.25, -0.2) is 0 Å². The van der Waals surface area contributed by atoms with Crippen molar-refractivity contribution in [2.45, 2.75) is 6.42 Å². The van der Waals surface area contributed by atoms with Gasteiger partial charge in [-0.1, -0.05) is 0 Å². The normalized spacial score (nSPS) is 11.3. The maximum atomic E-state index is 10.6. The van der Waals surface area contributed by atoms with Crippen LogP contribution in [-0.4, -0.2) is 30.1 Å². The molecule has 2 rings (SSSR count). The predicted octanol–water partition coefficient (Wildman–Crippen LogP) is 2.68. The van der Waals surface area contributed by atoms with Crippen LogP contribution >= 0.6 is 0 Å². The summed E-state index contributed by atoms with van der Waals surface area (Å²) in [5, 5.41) is 4.13. The van der Waals surface area contributed by atoms with Gasteiger partial charge in [0.05, 0.1) is 0 Å². The predicted molar refractivity (Wildman–Crippen MR) is 70.6 cm³/mol. The van der Waals surface area contributed by atoms with Gasteiger partial charge >= 0.3 is 0 Å². The second-order valence-corrected chi connectivity index (χ2v) is 4.61. The van der Waals surface area contributed by atoms with Gasteiger partial charge in [-0.05, 0) is 49.5 Å². The molecular formula is C13H17N3O. The van der Waals surface area contributed by atoms with Gasteiger partial charge in [0.25, 0.3) is 0 Å². The number of nitroso groups, excluding NO2 is 1. The van der Waals surface area contributed by atoms with Crippen LogP contribution in [0.1, 0.15) is 5.56 Å². The number of hydrogen-bond acceptors (Lipinski definition) is 3. The second-order valence-electron chi connectivity index (χ2n) is 4.61. The summed E-state index contributed by atoms with van der Waals surface area (Å²) in [5.41, 5.74) is 2.91. The summed E-state index contributed by atoms with van der Waals surface area (Å²) in [4.78, 5) is 12.7. The van der Waals surface area contributed by atoms with Gasteiger partial charge in [-0.2, -0.15) is 0 Å². The Balaban J connectivity index is 2.44. The van der Waals surface area contributed by atoms with Crippen LogP contribution in [0.3, 0.4) is 0 Å². The third kappa shape index (κ3) is 2.36. The van der Waals surface area contributed by atoms with E-state index in [9.17, 15) is 4.91 Å². The third-order valence-corrected chi connectivity index (χ3v) is 2.99. The molecular weight excluding hydrogens is 214 g/mol. The SMILES string of the molecule is CN(C)CCc1cn(C)c2ccc(N=O)cc12. The molecule has 0 bridgehead atoms. The minimum absolute atomic E-state index is 0.495. The summed E-state index contributed by atoms with van der Waals surface area (Å²) in [6.45, 7) is 0.998. The molecule has 0 fully saturated rings. The van der Waals surface area contributed by atoms with Crippen molar-refractivity contribution in [3.63, 3.8) is 0 Å². The van der Waals surface area contributed by atoms with E-state index in [-0.39, 0.29) is 0 Å². The molecule has 0 radical (unpaired) electrons. The number of benzene rings is 1. The highest BCUT2D eigenvalue weighted by molar-refractivity contribution is 5.86. The van der Waals surface area contributed by atoms with Gasteiger partial charge in [-0.15, -0.1) is 4.91 Å². The Bertz CT molecular complexity index is 543. The van der Waals surface area contributed by atoms with Crippen molar-refractivity contribution in [2.24, 2.45) is 12.2 Å². The monoisotopic (exact) mass is 231 g/mol. The average molecular weight is 231 g/mol. The summed E-state index contributed by atoms with van der Waals surface area (Å²) in [6, 6.07) is 5.57. The van der Waals surface area contributed by atoms with Crippen LogP contribution in [0.4, 0.5) is 5.69 Å². The van der Waals surface area contributed by atoms with Crippen LogP contribution in [0.15, 0.2) is 29.6 Å². The van der Waals surface area contributed by atoms with Crippen molar-refractivity contribution in [1.82, 2.24) is 9.47 Å². The van der Waals surface area contributed by atoms with Crippen molar-refractivity contribution in [3.05, 3.63) is 34.9 Å². The van der Waals surface area contributed by atoms with Gasteiger partial charge in [0.15, 0.2) is 0 Å². The highest BCUT2D eigenvalue weighted by Crippen LogP contribution is 2.25. The molecule has 0 saturated heterocycles. The average Bonchev–Trinajstić information content (AvgIpc) is 2.63. The highest BCUT2D eigenvalue weighted by atomic mass is 16.3. The van der Waals surface area contributed by atoms with E-state index in [4.69, 9.17) is 0 Å². The van der Waals surface area contributed by atoms with Crippen molar-refractivity contribution < 1.29 is 0 Å². The van der Waals surface area contributed by atoms with E-state index in [1.165, 1.54) is 5.56 Å². The van der Waals surface area contributed by atoms with E-state index >= 15 is 0 Å². The van der Waals surface area contributed by atoms with E-state index in [2.05, 4.69) is 34.9 Å². The van der Waals surface area contributed by atoms with Crippen molar-refractivity contribution in [1.29, 1.82) is 0 Å². The topological polar surface area (TPSA) is 37.6 Å². The van der Waals surface area contributed by atoms with Crippen LogP contribution in [0.25, 0.3) is 10.9 Å². The molecule has 2 aromatic rings. The number of hydrogen-bond donors (Lipinski definition) is 0. The lowest BCUT2D eigenvalue weighted by Gasteiger charge is -2.08. The van der Waals surface area contributed by atoms with E-state index in [0.717, 1.165) is 23.9 Å². The number of aryl methyl sites for hydroxylation is 1. The first-order valence-corrected chi connectivity index (χ1v) is 5.68. The summed E-state index contributed by atoms with van der Waals surface area (Å²) in [5.74, 6) is 0. The van der Waals surface area contributed by atoms with Crippen molar-refractivity contribution in [3.8, 4) is 0 Å². The fraction of sp³-hybridized carbons (Fsp3) is 0.385. The summed E-state index contributed by atoms with van der Waals surface area (Å²) < 4.78 is 2.09. The largest absolute Gasteiger partial charge is 0.350 e. The summed E-state index contributed by atoms with van der Waals surface area (Å²) in [6.07, 6.45) is 3.11. The van der Waals surface area contributed by atoms with Crippen LogP contribution < -0.4 is 0 Å². The smallest absolute Gasteiger partial charge is 0.108 e. The van der Waals surface area contributed by atoms with Crippen LogP contribution in [0.2, 0.25) is 0 Å². The maximum absolute atomic E-state index is 10.6. The van der Waals surface area contributed by atoms with Crippen LogP contribution in [0, 0.1) is 4.91 Å². The van der Waals surface area contributed by atoms with Gasteiger partial charge in [0.1, 0.15) is 5.69 Å². The van der Waals surface area contributed by atoms with Crippen LogP contribution in [0.5, 0.6) is 0 Å². The number of rotatable bonds is 4. The molecule has 1 aromatic carbocycles. The summed E-state index contributed by atoms with van der Waals surface area (Å²) >= 11 is 0. The molecule has 17 heavy (non-hydrogen) atoms. The number of fused-ring (bicyclic) bond motifs is 1. The van der Waals surface area contributed by atoms with Gasteiger partial charge < -0.3 is 9.47 Å². The highest BCUT2D eigenvalue weighted by Gasteiger charge is 2.07. The second kappa shape index (κ2) is 4.67. The van der Waals surface area contributed by atoms with E-state index in [0.29, 0.717) is 5.69 Å². The Morgan fingerprint density at radius 1 is 1.35 bits per heavy atom. The fourth-order valence-electron chi connectivity index (χ4n) is 2.06. The first-order valence-electron chi connectivity index (χ1n) is 5.68. The van der Waals surface area contributed by atoms with Crippen molar-refractivity contribution >= 4 is 16.6 Å². The fourth-order valence-corrected chi connectivity index (χ4v) is 2.06. The Labute approximate surface area is 101 Å². The number of likely N-dealkylation sites (N-methyl/N-ethyl adjacent to an activating group) is 1. The molecule has 1 aromatic heterocycles. The first-order chi connectivity index (χ1) is 8.11. The molecule has 0 spiro atoms. The Hall–Kier alpha value is -1.68. The number of nitrogens with zero attached hydrogens (tertiary/aromatic N) is 3. The molecule has 0 unspecified atom stereocenters. The molecule has 0 saturated carbocycles. The quantitative estimate of drug-likeness (QED) is 0.759. The van der Waals surface area contributed by atoms with Gasteiger partial charge in [-0.3, -0.25) is 0 Å². The molecule has 0 atom stereocenters. The minimum atomic E-state index is 0.495. The lowest BCUT2D eigenvalue weighted by molar-refractivity contribution is 0.414. The summed E-state index contributed by atoms with van der Waals surface area (Å²) in [7, 11) is 6.14. The molecule has 0 aliphatic carbocycles. The Kier molecular flexibility index (Phi) is 3.24. The lowest BCUT2D eigenvalue weighted by Crippen LogP contribution is -2.14. The zero-order valence-electron chi connectivity index (χ0n) is 10.5. The standard InChI is InChI=1S/C13H17N3O/c1-15(2)7-6-10-9-16(3)13-5-4-11(14-17)8-12(10)13/h4-5,8-9H,6-7H2,1-3H3.